The van der Waals surface area contributed by atoms with Crippen LogP contribution < -0.4 is 5.32 Å². The lowest BCUT2D eigenvalue weighted by Gasteiger charge is -2.19. The van der Waals surface area contributed by atoms with Crippen molar-refractivity contribution in [1.29, 1.82) is 0 Å². The van der Waals surface area contributed by atoms with Crippen LogP contribution in [0.2, 0.25) is 0 Å². The van der Waals surface area contributed by atoms with Crippen molar-refractivity contribution in [3.63, 3.8) is 0 Å². The molecule has 3 amide bonds. The predicted molar refractivity (Wildman–Crippen MR) is 84.7 cm³/mol. The standard InChI is InChI=1S/C17H17FN4O3/c1-10-4-5-11(8-12(10)18)14-19-13(25-21-14)9-22-15(23)17(20-16(22)24)6-2-3-7-17/h4-5,8H,2-3,6-7,9H2,1H3,(H,20,24). The summed E-state index contributed by atoms with van der Waals surface area (Å²) in [6, 6.07) is 4.20. The van der Waals surface area contributed by atoms with Gasteiger partial charge in [0.15, 0.2) is 0 Å². The summed E-state index contributed by atoms with van der Waals surface area (Å²) in [6.07, 6.45) is 3.16. The molecule has 2 aromatic rings. The molecule has 4 rings (SSSR count). The molecule has 8 heteroatoms. The number of aryl methyl sites for hydroxylation is 1. The molecule has 0 radical (unpaired) electrons. The average Bonchev–Trinajstić information content (AvgIpc) is 3.29. The lowest BCUT2D eigenvalue weighted by atomic mass is 9.98. The summed E-state index contributed by atoms with van der Waals surface area (Å²) >= 11 is 0. The van der Waals surface area contributed by atoms with Crippen molar-refractivity contribution in [1.82, 2.24) is 20.4 Å². The van der Waals surface area contributed by atoms with E-state index < -0.39 is 11.6 Å². The highest BCUT2D eigenvalue weighted by Gasteiger charge is 2.52. The summed E-state index contributed by atoms with van der Waals surface area (Å²) in [6.45, 7) is 1.57. The zero-order valence-corrected chi connectivity index (χ0v) is 13.7. The van der Waals surface area contributed by atoms with E-state index in [2.05, 4.69) is 15.5 Å². The number of carbonyl (C=O) groups is 2. The molecule has 1 saturated carbocycles. The van der Waals surface area contributed by atoms with E-state index >= 15 is 0 Å². The van der Waals surface area contributed by atoms with Crippen LogP contribution in [0.3, 0.4) is 0 Å². The molecule has 1 spiro atoms. The van der Waals surface area contributed by atoms with Crippen LogP contribution in [0.1, 0.15) is 37.1 Å². The maximum absolute atomic E-state index is 13.7. The van der Waals surface area contributed by atoms with Crippen molar-refractivity contribution in [2.45, 2.75) is 44.7 Å². The van der Waals surface area contributed by atoms with Gasteiger partial charge in [-0.05, 0) is 31.4 Å². The van der Waals surface area contributed by atoms with E-state index in [0.29, 0.717) is 24.0 Å². The second-order valence-electron chi connectivity index (χ2n) is 6.59. The van der Waals surface area contributed by atoms with E-state index in [-0.39, 0.29) is 30.0 Å². The quantitative estimate of drug-likeness (QED) is 0.865. The van der Waals surface area contributed by atoms with Gasteiger partial charge in [0.05, 0.1) is 0 Å². The van der Waals surface area contributed by atoms with Crippen molar-refractivity contribution >= 4 is 11.9 Å². The van der Waals surface area contributed by atoms with Crippen LogP contribution in [0, 0.1) is 12.7 Å². The van der Waals surface area contributed by atoms with Crippen LogP contribution in [0.15, 0.2) is 22.7 Å². The summed E-state index contributed by atoms with van der Waals surface area (Å²) in [5.74, 6) is -0.247. The number of nitrogens with zero attached hydrogens (tertiary/aromatic N) is 3. The van der Waals surface area contributed by atoms with Gasteiger partial charge in [-0.1, -0.05) is 30.1 Å². The third-order valence-corrected chi connectivity index (χ3v) is 4.89. The highest BCUT2D eigenvalue weighted by atomic mass is 19.1. The number of imide groups is 1. The molecule has 0 bridgehead atoms. The Kier molecular flexibility index (Phi) is 3.55. The molecule has 7 nitrogen and oxygen atoms in total. The number of benzene rings is 1. The summed E-state index contributed by atoms with van der Waals surface area (Å²) in [5.41, 5.74) is 0.233. The van der Waals surface area contributed by atoms with Gasteiger partial charge in [0, 0.05) is 5.56 Å². The highest BCUT2D eigenvalue weighted by Crippen LogP contribution is 2.35. The van der Waals surface area contributed by atoms with Crippen LogP contribution in [0.5, 0.6) is 0 Å². The zero-order valence-electron chi connectivity index (χ0n) is 13.7. The Hall–Kier alpha value is -2.77. The smallest absolute Gasteiger partial charge is 0.325 e. The van der Waals surface area contributed by atoms with Gasteiger partial charge >= 0.3 is 6.03 Å². The molecule has 130 valence electrons. The van der Waals surface area contributed by atoms with Crippen molar-refractivity contribution in [3.05, 3.63) is 35.5 Å². The van der Waals surface area contributed by atoms with Crippen LogP contribution in [0.25, 0.3) is 11.4 Å². The van der Waals surface area contributed by atoms with E-state index in [1.54, 1.807) is 19.1 Å². The first-order valence-electron chi connectivity index (χ1n) is 8.22. The first-order valence-corrected chi connectivity index (χ1v) is 8.22. The summed E-state index contributed by atoms with van der Waals surface area (Å²) in [7, 11) is 0. The first-order chi connectivity index (χ1) is 12.0. The lowest BCUT2D eigenvalue weighted by molar-refractivity contribution is -0.131. The van der Waals surface area contributed by atoms with Gasteiger partial charge in [0.1, 0.15) is 17.9 Å². The number of rotatable bonds is 3. The molecule has 2 fully saturated rings. The summed E-state index contributed by atoms with van der Waals surface area (Å²) in [5, 5.41) is 6.62. The SMILES string of the molecule is Cc1ccc(-c2noc(CN3C(=O)NC4(CCCC4)C3=O)n2)cc1F. The van der Waals surface area contributed by atoms with Crippen LogP contribution >= 0.6 is 0 Å². The fourth-order valence-corrected chi connectivity index (χ4v) is 3.44. The number of urea groups is 1. The number of nitrogens with one attached hydrogen (secondary N) is 1. The third kappa shape index (κ3) is 2.57. The van der Waals surface area contributed by atoms with Gasteiger partial charge in [-0.15, -0.1) is 0 Å². The predicted octanol–water partition coefficient (Wildman–Crippen LogP) is 2.55. The normalized spacial score (nSPS) is 19.0. The van der Waals surface area contributed by atoms with Crippen molar-refractivity contribution in [3.8, 4) is 11.4 Å². The molecule has 1 N–H and O–H groups in total. The van der Waals surface area contributed by atoms with Crippen molar-refractivity contribution < 1.29 is 18.5 Å². The second-order valence-corrected chi connectivity index (χ2v) is 6.59. The topological polar surface area (TPSA) is 88.3 Å². The fraction of sp³-hybridized carbons (Fsp3) is 0.412. The number of carbonyl (C=O) groups excluding carboxylic acids is 2. The molecule has 1 aromatic heterocycles. The van der Waals surface area contributed by atoms with E-state index in [1.165, 1.54) is 6.07 Å². The zero-order chi connectivity index (χ0) is 17.6. The molecule has 1 aliphatic heterocycles. The van der Waals surface area contributed by atoms with Crippen LogP contribution in [-0.2, 0) is 11.3 Å². The van der Waals surface area contributed by atoms with Gasteiger partial charge in [0.2, 0.25) is 11.7 Å². The molecule has 2 heterocycles. The molecule has 0 atom stereocenters. The Balaban J connectivity index is 1.54. The molecular formula is C17H17FN4O3. The summed E-state index contributed by atoms with van der Waals surface area (Å²) < 4.78 is 18.8. The monoisotopic (exact) mass is 344 g/mol. The largest absolute Gasteiger partial charge is 0.337 e. The van der Waals surface area contributed by atoms with E-state index in [1.807, 2.05) is 0 Å². The van der Waals surface area contributed by atoms with Crippen LogP contribution in [-0.4, -0.2) is 32.5 Å². The van der Waals surface area contributed by atoms with E-state index in [4.69, 9.17) is 4.52 Å². The van der Waals surface area contributed by atoms with Gasteiger partial charge in [-0.25, -0.2) is 9.18 Å². The van der Waals surface area contributed by atoms with Gasteiger partial charge < -0.3 is 9.84 Å². The van der Waals surface area contributed by atoms with E-state index in [0.717, 1.165) is 17.7 Å². The minimum Gasteiger partial charge on any atom is -0.337 e. The van der Waals surface area contributed by atoms with Gasteiger partial charge in [-0.2, -0.15) is 4.98 Å². The maximum atomic E-state index is 13.7. The molecule has 2 aliphatic rings. The Labute approximate surface area is 143 Å². The number of halogens is 1. The molecule has 0 unspecified atom stereocenters. The van der Waals surface area contributed by atoms with Crippen molar-refractivity contribution in [2.75, 3.05) is 0 Å². The van der Waals surface area contributed by atoms with Gasteiger partial charge in [0.25, 0.3) is 5.91 Å². The number of amides is 3. The van der Waals surface area contributed by atoms with Gasteiger partial charge in [-0.3, -0.25) is 9.69 Å². The minimum atomic E-state index is -0.764. The van der Waals surface area contributed by atoms with Crippen LogP contribution in [0.4, 0.5) is 9.18 Å². The van der Waals surface area contributed by atoms with Crippen molar-refractivity contribution in [2.24, 2.45) is 0 Å². The minimum absolute atomic E-state index is 0.0895. The lowest BCUT2D eigenvalue weighted by Crippen LogP contribution is -2.44. The number of aromatic nitrogens is 2. The fourth-order valence-electron chi connectivity index (χ4n) is 3.44. The number of hydrogen-bond acceptors (Lipinski definition) is 5. The number of hydrogen-bond donors (Lipinski definition) is 1. The Morgan fingerprint density at radius 1 is 1.32 bits per heavy atom. The third-order valence-electron chi connectivity index (χ3n) is 4.89. The molecule has 1 saturated heterocycles. The molecule has 1 aromatic carbocycles. The summed E-state index contributed by atoms with van der Waals surface area (Å²) in [4.78, 5) is 30.1. The highest BCUT2D eigenvalue weighted by molar-refractivity contribution is 6.07. The first kappa shape index (κ1) is 15.7. The van der Waals surface area contributed by atoms with E-state index in [9.17, 15) is 14.0 Å². The second kappa shape index (κ2) is 5.65. The Morgan fingerprint density at radius 2 is 2.08 bits per heavy atom. The molecule has 25 heavy (non-hydrogen) atoms. The molecule has 1 aliphatic carbocycles. The average molecular weight is 344 g/mol. The Bertz CT molecular complexity index is 857. The maximum Gasteiger partial charge on any atom is 0.325 e. The Morgan fingerprint density at radius 3 is 2.80 bits per heavy atom. The molecular weight excluding hydrogens is 327 g/mol.